The predicted octanol–water partition coefficient (Wildman–Crippen LogP) is 1.05. The summed E-state index contributed by atoms with van der Waals surface area (Å²) in [6, 6.07) is 0.608. The fraction of sp³-hybridized carbons (Fsp3) is 0.923. The third-order valence-electron chi connectivity index (χ3n) is 4.11. The minimum absolute atomic E-state index is 0.164. The number of hydrogen-bond donors (Lipinski definition) is 2. The molecule has 17 heavy (non-hydrogen) atoms. The van der Waals surface area contributed by atoms with Crippen molar-refractivity contribution in [2.24, 2.45) is 17.6 Å². The third-order valence-corrected chi connectivity index (χ3v) is 4.11. The van der Waals surface area contributed by atoms with Crippen LogP contribution >= 0.6 is 0 Å². The number of carbonyl (C=O) groups excluding carboxylic acids is 1. The Hall–Kier alpha value is -0.610. The number of nitrogens with two attached hydrogens (primary N) is 1. The van der Waals surface area contributed by atoms with E-state index in [0.29, 0.717) is 12.0 Å². The highest BCUT2D eigenvalue weighted by Gasteiger charge is 2.32. The van der Waals surface area contributed by atoms with Crippen molar-refractivity contribution in [3.05, 3.63) is 0 Å². The largest absolute Gasteiger partial charge is 0.381 e. The normalized spacial score (nSPS) is 35.5. The van der Waals surface area contributed by atoms with Gasteiger partial charge < -0.3 is 15.8 Å². The smallest absolute Gasteiger partial charge is 0.223 e. The third kappa shape index (κ3) is 3.42. The molecule has 2 aliphatic rings. The highest BCUT2D eigenvalue weighted by atomic mass is 16.5. The van der Waals surface area contributed by atoms with E-state index in [1.54, 1.807) is 0 Å². The molecule has 4 heteroatoms. The van der Waals surface area contributed by atoms with Gasteiger partial charge in [0.25, 0.3) is 0 Å². The van der Waals surface area contributed by atoms with Crippen molar-refractivity contribution in [1.82, 2.24) is 5.32 Å². The van der Waals surface area contributed by atoms with E-state index in [4.69, 9.17) is 10.5 Å². The fourth-order valence-corrected chi connectivity index (χ4v) is 2.98. The van der Waals surface area contributed by atoms with Crippen LogP contribution in [0.25, 0.3) is 0 Å². The van der Waals surface area contributed by atoms with Crippen molar-refractivity contribution in [2.45, 2.75) is 51.1 Å². The molecule has 0 bridgehead atoms. The average molecular weight is 240 g/mol. The van der Waals surface area contributed by atoms with Crippen LogP contribution in [-0.2, 0) is 9.53 Å². The molecule has 3 unspecified atom stereocenters. The van der Waals surface area contributed by atoms with Crippen molar-refractivity contribution in [3.63, 3.8) is 0 Å². The van der Waals surface area contributed by atoms with Crippen molar-refractivity contribution in [2.75, 3.05) is 13.2 Å². The highest BCUT2D eigenvalue weighted by molar-refractivity contribution is 5.79. The SMILES string of the molecule is CC1CC(N)CCC1C(=O)NC1CCOCC1. The highest BCUT2D eigenvalue weighted by Crippen LogP contribution is 2.29. The Morgan fingerprint density at radius 2 is 1.94 bits per heavy atom. The van der Waals surface area contributed by atoms with E-state index in [-0.39, 0.29) is 17.9 Å². The van der Waals surface area contributed by atoms with Gasteiger partial charge in [0.05, 0.1) is 0 Å². The van der Waals surface area contributed by atoms with Crippen LogP contribution in [0.5, 0.6) is 0 Å². The number of hydrogen-bond acceptors (Lipinski definition) is 3. The first-order chi connectivity index (χ1) is 8.16. The van der Waals surface area contributed by atoms with E-state index in [9.17, 15) is 4.79 Å². The summed E-state index contributed by atoms with van der Waals surface area (Å²) in [5.41, 5.74) is 5.92. The second-order valence-corrected chi connectivity index (χ2v) is 5.55. The summed E-state index contributed by atoms with van der Waals surface area (Å²) in [4.78, 5) is 12.2. The summed E-state index contributed by atoms with van der Waals surface area (Å²) in [5.74, 6) is 0.813. The van der Waals surface area contributed by atoms with Crippen molar-refractivity contribution < 1.29 is 9.53 Å². The molecule has 3 atom stereocenters. The maximum atomic E-state index is 12.2. The van der Waals surface area contributed by atoms with E-state index in [0.717, 1.165) is 45.3 Å². The summed E-state index contributed by atoms with van der Waals surface area (Å²) in [6.07, 6.45) is 4.80. The van der Waals surface area contributed by atoms with E-state index < -0.39 is 0 Å². The van der Waals surface area contributed by atoms with Gasteiger partial charge in [-0.1, -0.05) is 6.92 Å². The number of nitrogens with one attached hydrogen (secondary N) is 1. The Labute approximate surface area is 103 Å². The van der Waals surface area contributed by atoms with Crippen LogP contribution in [0.1, 0.15) is 39.0 Å². The Kier molecular flexibility index (Phi) is 4.40. The Morgan fingerprint density at radius 3 is 2.59 bits per heavy atom. The molecule has 98 valence electrons. The van der Waals surface area contributed by atoms with E-state index in [2.05, 4.69) is 12.2 Å². The average Bonchev–Trinajstić information content (AvgIpc) is 2.30. The first kappa shape index (κ1) is 12.8. The van der Waals surface area contributed by atoms with Gasteiger partial charge in [0.15, 0.2) is 0 Å². The molecule has 1 saturated carbocycles. The first-order valence-electron chi connectivity index (χ1n) is 6.80. The monoisotopic (exact) mass is 240 g/mol. The first-order valence-corrected chi connectivity index (χ1v) is 6.80. The van der Waals surface area contributed by atoms with Gasteiger partial charge in [-0.15, -0.1) is 0 Å². The fourth-order valence-electron chi connectivity index (χ4n) is 2.98. The zero-order chi connectivity index (χ0) is 12.3. The summed E-state index contributed by atoms with van der Waals surface area (Å²) in [6.45, 7) is 3.69. The van der Waals surface area contributed by atoms with Gasteiger partial charge in [-0.2, -0.15) is 0 Å². The predicted molar refractivity (Wildman–Crippen MR) is 66.5 cm³/mol. The molecule has 0 radical (unpaired) electrons. The van der Waals surface area contributed by atoms with Crippen molar-refractivity contribution in [1.29, 1.82) is 0 Å². The van der Waals surface area contributed by atoms with Crippen molar-refractivity contribution in [3.8, 4) is 0 Å². The minimum atomic E-state index is 0.164. The second-order valence-electron chi connectivity index (χ2n) is 5.55. The van der Waals surface area contributed by atoms with Crippen LogP contribution in [0.2, 0.25) is 0 Å². The van der Waals surface area contributed by atoms with Crippen LogP contribution in [0.4, 0.5) is 0 Å². The molecule has 2 rings (SSSR count). The molecular formula is C13H24N2O2. The van der Waals surface area contributed by atoms with Crippen LogP contribution in [0.3, 0.4) is 0 Å². The second kappa shape index (κ2) is 5.83. The molecule has 0 spiro atoms. The lowest BCUT2D eigenvalue weighted by molar-refractivity contribution is -0.129. The number of rotatable bonds is 2. The Balaban J connectivity index is 1.82. The van der Waals surface area contributed by atoms with Crippen LogP contribution in [-0.4, -0.2) is 31.2 Å². The molecule has 1 amide bonds. The summed E-state index contributed by atoms with van der Waals surface area (Å²) in [5, 5.41) is 3.17. The molecule has 0 aromatic heterocycles. The van der Waals surface area contributed by atoms with Gasteiger partial charge >= 0.3 is 0 Å². The summed E-state index contributed by atoms with van der Waals surface area (Å²) >= 11 is 0. The molecule has 3 N–H and O–H groups in total. The molecule has 4 nitrogen and oxygen atoms in total. The lowest BCUT2D eigenvalue weighted by Gasteiger charge is -2.33. The van der Waals surface area contributed by atoms with Gasteiger partial charge in [-0.05, 0) is 38.0 Å². The number of carbonyl (C=O) groups is 1. The number of amides is 1. The number of ether oxygens (including phenoxy) is 1. The van der Waals surface area contributed by atoms with E-state index >= 15 is 0 Å². The van der Waals surface area contributed by atoms with Gasteiger partial charge in [-0.3, -0.25) is 4.79 Å². The molecule has 2 fully saturated rings. The molecule has 0 aromatic carbocycles. The maximum Gasteiger partial charge on any atom is 0.223 e. The van der Waals surface area contributed by atoms with Gasteiger partial charge in [0.1, 0.15) is 0 Å². The Morgan fingerprint density at radius 1 is 1.24 bits per heavy atom. The Bertz CT molecular complexity index is 264. The molecular weight excluding hydrogens is 216 g/mol. The zero-order valence-corrected chi connectivity index (χ0v) is 10.7. The lowest BCUT2D eigenvalue weighted by Crippen LogP contribution is -2.46. The van der Waals surface area contributed by atoms with Crippen molar-refractivity contribution >= 4 is 5.91 Å². The molecule has 1 aliphatic heterocycles. The summed E-state index contributed by atoms with van der Waals surface area (Å²) < 4.78 is 5.29. The topological polar surface area (TPSA) is 64.4 Å². The van der Waals surface area contributed by atoms with E-state index in [1.807, 2.05) is 0 Å². The standard InChI is InChI=1S/C13H24N2O2/c1-9-8-10(14)2-3-12(9)13(16)15-11-4-6-17-7-5-11/h9-12H,2-8,14H2,1H3,(H,15,16). The molecule has 1 aliphatic carbocycles. The quantitative estimate of drug-likeness (QED) is 0.758. The van der Waals surface area contributed by atoms with Crippen LogP contribution in [0, 0.1) is 11.8 Å². The van der Waals surface area contributed by atoms with Gasteiger partial charge in [-0.25, -0.2) is 0 Å². The maximum absolute atomic E-state index is 12.2. The lowest BCUT2D eigenvalue weighted by atomic mass is 9.77. The van der Waals surface area contributed by atoms with Crippen LogP contribution in [0.15, 0.2) is 0 Å². The summed E-state index contributed by atoms with van der Waals surface area (Å²) in [7, 11) is 0. The molecule has 1 saturated heterocycles. The molecule has 0 aromatic rings. The van der Waals surface area contributed by atoms with Crippen LogP contribution < -0.4 is 11.1 Å². The van der Waals surface area contributed by atoms with Gasteiger partial charge in [0, 0.05) is 31.2 Å². The van der Waals surface area contributed by atoms with E-state index in [1.165, 1.54) is 0 Å². The zero-order valence-electron chi connectivity index (χ0n) is 10.7. The minimum Gasteiger partial charge on any atom is -0.381 e. The van der Waals surface area contributed by atoms with Gasteiger partial charge in [0.2, 0.25) is 5.91 Å². The molecule has 1 heterocycles.